The Morgan fingerprint density at radius 1 is 1.42 bits per heavy atom. The number of hydrogen-bond donors (Lipinski definition) is 0. The summed E-state index contributed by atoms with van der Waals surface area (Å²) >= 11 is 0. The molecule has 1 unspecified atom stereocenters. The summed E-state index contributed by atoms with van der Waals surface area (Å²) in [5.41, 5.74) is -0.806. The van der Waals surface area contributed by atoms with Crippen LogP contribution in [0.2, 0.25) is 0 Å². The van der Waals surface area contributed by atoms with Crippen molar-refractivity contribution in [2.75, 3.05) is 0 Å². The monoisotopic (exact) mass is 312 g/mol. The highest BCUT2D eigenvalue weighted by Gasteiger charge is 2.23. The van der Waals surface area contributed by atoms with Crippen LogP contribution < -0.4 is 0 Å². The predicted octanol–water partition coefficient (Wildman–Crippen LogP) is 2.85. The lowest BCUT2D eigenvalue weighted by Gasteiger charge is -2.12. The van der Waals surface area contributed by atoms with E-state index < -0.39 is 43.2 Å². The van der Waals surface area contributed by atoms with Crippen molar-refractivity contribution in [1.82, 2.24) is 0 Å². The minimum absolute atomic E-state index is 0.400. The first kappa shape index (κ1) is 15.8. The van der Waals surface area contributed by atoms with Crippen LogP contribution in [0.1, 0.15) is 30.6 Å². The average molecular weight is 313 g/mol. The van der Waals surface area contributed by atoms with Gasteiger partial charge in [0.05, 0.1) is 16.6 Å². The fraction of sp³-hybridized carbons (Fsp3) is 0.364. The summed E-state index contributed by atoms with van der Waals surface area (Å²) in [7, 11) is 0.749. The largest absolute Gasteiger partial charge is 0.459 e. The van der Waals surface area contributed by atoms with Crippen LogP contribution in [0.25, 0.3) is 0 Å². The molecule has 1 atom stereocenters. The molecule has 19 heavy (non-hydrogen) atoms. The number of esters is 1. The number of halogens is 3. The maximum absolute atomic E-state index is 13.5. The molecule has 1 aromatic rings. The van der Waals surface area contributed by atoms with Gasteiger partial charge >= 0.3 is 5.97 Å². The van der Waals surface area contributed by atoms with Crippen LogP contribution in [0.3, 0.4) is 0 Å². The highest BCUT2D eigenvalue weighted by Crippen LogP contribution is 2.22. The third kappa shape index (κ3) is 3.87. The van der Waals surface area contributed by atoms with Crippen molar-refractivity contribution in [3.63, 3.8) is 0 Å². The van der Waals surface area contributed by atoms with E-state index in [9.17, 15) is 22.0 Å². The summed E-state index contributed by atoms with van der Waals surface area (Å²) in [6, 6.07) is 1.04. The molecule has 0 heterocycles. The first-order valence-electron chi connectivity index (χ1n) is 5.31. The van der Waals surface area contributed by atoms with Gasteiger partial charge in [0, 0.05) is 10.7 Å². The first-order valence-corrected chi connectivity index (χ1v) is 7.62. The smallest absolute Gasteiger partial charge is 0.341 e. The molecule has 0 fully saturated rings. The Morgan fingerprint density at radius 2 is 2.00 bits per heavy atom. The first-order chi connectivity index (χ1) is 8.66. The molecule has 0 aliphatic rings. The van der Waals surface area contributed by atoms with E-state index in [-0.39, 0.29) is 0 Å². The molecule has 0 saturated heterocycles. The molecule has 0 spiro atoms. The Kier molecular flexibility index (Phi) is 4.86. The van der Waals surface area contributed by atoms with Crippen LogP contribution in [0, 0.1) is 11.6 Å². The van der Waals surface area contributed by atoms with Crippen LogP contribution in [0.4, 0.5) is 8.78 Å². The molecule has 4 nitrogen and oxygen atoms in total. The molecular formula is C11H11ClF2O4S. The van der Waals surface area contributed by atoms with Crippen LogP contribution in [0.15, 0.2) is 17.0 Å². The van der Waals surface area contributed by atoms with Crippen molar-refractivity contribution in [1.29, 1.82) is 0 Å². The van der Waals surface area contributed by atoms with Gasteiger partial charge in [-0.2, -0.15) is 0 Å². The lowest BCUT2D eigenvalue weighted by molar-refractivity contribution is 0.0327. The second kappa shape index (κ2) is 5.83. The van der Waals surface area contributed by atoms with Crippen molar-refractivity contribution in [3.8, 4) is 0 Å². The molecule has 0 saturated carbocycles. The number of hydrogen-bond acceptors (Lipinski definition) is 4. The molecule has 1 rings (SSSR count). The Morgan fingerprint density at radius 3 is 2.47 bits per heavy atom. The maximum Gasteiger partial charge on any atom is 0.341 e. The van der Waals surface area contributed by atoms with Gasteiger partial charge in [0.25, 0.3) is 9.05 Å². The molecule has 1 aromatic carbocycles. The Hall–Kier alpha value is -1.21. The van der Waals surface area contributed by atoms with Crippen LogP contribution in [-0.2, 0) is 13.8 Å². The maximum atomic E-state index is 13.5. The van der Waals surface area contributed by atoms with Crippen molar-refractivity contribution >= 4 is 25.7 Å². The number of rotatable bonds is 4. The van der Waals surface area contributed by atoms with Gasteiger partial charge in [-0.3, -0.25) is 0 Å². The highest BCUT2D eigenvalue weighted by molar-refractivity contribution is 8.13. The summed E-state index contributed by atoms with van der Waals surface area (Å²) in [4.78, 5) is 10.9. The molecule has 0 aromatic heterocycles. The zero-order valence-corrected chi connectivity index (χ0v) is 11.7. The molecule has 106 valence electrons. The summed E-state index contributed by atoms with van der Waals surface area (Å²) in [6.07, 6.45) is -0.0326. The van der Waals surface area contributed by atoms with Gasteiger partial charge < -0.3 is 4.74 Å². The quantitative estimate of drug-likeness (QED) is 0.633. The van der Waals surface area contributed by atoms with Crippen molar-refractivity contribution in [3.05, 3.63) is 29.3 Å². The van der Waals surface area contributed by atoms with Crippen molar-refractivity contribution in [2.45, 2.75) is 31.3 Å². The van der Waals surface area contributed by atoms with Crippen molar-refractivity contribution in [2.24, 2.45) is 0 Å². The zero-order valence-electron chi connectivity index (χ0n) is 10.1. The number of carbonyl (C=O) groups is 1. The molecule has 8 heteroatoms. The van der Waals surface area contributed by atoms with Crippen LogP contribution >= 0.6 is 10.7 Å². The van der Waals surface area contributed by atoms with E-state index in [1.165, 1.54) is 0 Å². The number of carbonyl (C=O) groups excluding carboxylic acids is 1. The van der Waals surface area contributed by atoms with Gasteiger partial charge in [-0.1, -0.05) is 6.92 Å². The van der Waals surface area contributed by atoms with Crippen LogP contribution in [0.5, 0.6) is 0 Å². The van der Waals surface area contributed by atoms with Gasteiger partial charge in [0.2, 0.25) is 0 Å². The average Bonchev–Trinajstić information content (AvgIpc) is 2.30. The summed E-state index contributed by atoms with van der Waals surface area (Å²) in [5.74, 6) is -4.11. The summed E-state index contributed by atoms with van der Waals surface area (Å²) in [6.45, 7) is 3.29. The van der Waals surface area contributed by atoms with Gasteiger partial charge in [-0.25, -0.2) is 22.0 Å². The van der Waals surface area contributed by atoms with Gasteiger partial charge in [-0.05, 0) is 25.5 Å². The van der Waals surface area contributed by atoms with E-state index >= 15 is 0 Å². The second-order valence-electron chi connectivity index (χ2n) is 3.83. The Balaban J connectivity index is 3.27. The fourth-order valence-corrected chi connectivity index (χ4v) is 1.95. The minimum Gasteiger partial charge on any atom is -0.459 e. The summed E-state index contributed by atoms with van der Waals surface area (Å²) in [5, 5.41) is 0. The van der Waals surface area contributed by atoms with Gasteiger partial charge in [-0.15, -0.1) is 0 Å². The van der Waals surface area contributed by atoms with E-state index in [1.54, 1.807) is 13.8 Å². The fourth-order valence-electron chi connectivity index (χ4n) is 1.18. The Bertz CT molecular complexity index is 601. The third-order valence-electron chi connectivity index (χ3n) is 2.39. The lowest BCUT2D eigenvalue weighted by Crippen LogP contribution is -2.16. The molecule has 0 bridgehead atoms. The highest BCUT2D eigenvalue weighted by atomic mass is 35.7. The van der Waals surface area contributed by atoms with E-state index in [4.69, 9.17) is 15.4 Å². The van der Waals surface area contributed by atoms with Crippen LogP contribution in [-0.4, -0.2) is 20.5 Å². The topological polar surface area (TPSA) is 60.4 Å². The number of ether oxygens (including phenoxy) is 1. The predicted molar refractivity (Wildman–Crippen MR) is 64.6 cm³/mol. The molecule has 0 aliphatic heterocycles. The van der Waals surface area contributed by atoms with E-state index in [0.717, 1.165) is 0 Å². The van der Waals surface area contributed by atoms with Gasteiger partial charge in [0.15, 0.2) is 11.6 Å². The Labute approximate surface area is 113 Å². The minimum atomic E-state index is -4.27. The molecule has 0 N–H and O–H groups in total. The summed E-state index contributed by atoms with van der Waals surface area (Å²) < 4.78 is 53.7. The molecule has 0 aliphatic carbocycles. The van der Waals surface area contributed by atoms with E-state index in [1.807, 2.05) is 0 Å². The van der Waals surface area contributed by atoms with Gasteiger partial charge in [0.1, 0.15) is 0 Å². The lowest BCUT2D eigenvalue weighted by atomic mass is 10.2. The number of benzene rings is 1. The molecule has 0 amide bonds. The second-order valence-corrected chi connectivity index (χ2v) is 6.39. The van der Waals surface area contributed by atoms with E-state index in [2.05, 4.69) is 0 Å². The zero-order chi connectivity index (χ0) is 14.8. The standard InChI is InChI=1S/C11H11ClF2O4S/c1-3-6(2)18-11(15)8-4-7(19(12,16)17)5-9(13)10(8)14/h4-6H,3H2,1-2H3. The van der Waals surface area contributed by atoms with E-state index in [0.29, 0.717) is 18.6 Å². The molecule has 0 radical (unpaired) electrons. The normalized spacial score (nSPS) is 13.1. The third-order valence-corrected chi connectivity index (χ3v) is 3.72. The SMILES string of the molecule is CCC(C)OC(=O)c1cc(S(=O)(=O)Cl)cc(F)c1F. The van der Waals surface area contributed by atoms with Crippen molar-refractivity contribution < 1.29 is 26.7 Å². The molecular weight excluding hydrogens is 302 g/mol.